The Labute approximate surface area is 118 Å². The molecule has 0 spiro atoms. The van der Waals surface area contributed by atoms with Crippen LogP contribution in [-0.4, -0.2) is 44.9 Å². The normalized spacial score (nSPS) is 12.1. The number of hydrogen-bond donors (Lipinski definition) is 4. The standard InChI is InChI=1S/C6H10NO8P.Na/c8-4(2-16(13,14)15)7-3(6(11)12)1-5(9)10;/h3H,1-2H2,(H,7,8)(H,9,10)(H,11,12)(H2,13,14,15);/q;+1/p-1. The molecule has 1 amide bonds. The molecular weight excluding hydrogens is 268 g/mol. The quantitative estimate of drug-likeness (QED) is 0.275. The third-order valence-electron chi connectivity index (χ3n) is 1.35. The van der Waals surface area contributed by atoms with Gasteiger partial charge in [0.2, 0.25) is 5.91 Å². The van der Waals surface area contributed by atoms with Gasteiger partial charge in [0.1, 0.15) is 12.2 Å². The van der Waals surface area contributed by atoms with Crippen molar-refractivity contribution < 1.29 is 68.5 Å². The Hall–Kier alpha value is -0.440. The number of aliphatic carboxylic acids is 2. The van der Waals surface area contributed by atoms with Gasteiger partial charge in [0.15, 0.2) is 0 Å². The summed E-state index contributed by atoms with van der Waals surface area (Å²) in [5.41, 5.74) is 0. The summed E-state index contributed by atoms with van der Waals surface area (Å²) >= 11 is 0. The molecular formula is C6H9NNaO8P. The third kappa shape index (κ3) is 10.4. The van der Waals surface area contributed by atoms with Crippen molar-refractivity contribution in [3.8, 4) is 0 Å². The molecule has 0 aromatic heterocycles. The number of carboxylic acids is 2. The van der Waals surface area contributed by atoms with Gasteiger partial charge in [-0.05, 0) is 0 Å². The van der Waals surface area contributed by atoms with Crippen LogP contribution < -0.4 is 40.0 Å². The first-order chi connectivity index (χ1) is 7.11. The minimum Gasteiger partial charge on any atom is -0.550 e. The largest absolute Gasteiger partial charge is 1.00 e. The Bertz CT molecular complexity index is 352. The summed E-state index contributed by atoms with van der Waals surface area (Å²) in [6, 6.07) is -1.77. The Morgan fingerprint density at radius 2 is 1.76 bits per heavy atom. The summed E-state index contributed by atoms with van der Waals surface area (Å²) in [5, 5.41) is 20.2. The first-order valence-corrected chi connectivity index (χ1v) is 5.68. The predicted octanol–water partition coefficient (Wildman–Crippen LogP) is -6.12. The van der Waals surface area contributed by atoms with Crippen LogP contribution in [0.25, 0.3) is 0 Å². The number of rotatable bonds is 6. The van der Waals surface area contributed by atoms with Gasteiger partial charge in [-0.1, -0.05) is 0 Å². The van der Waals surface area contributed by atoms with E-state index in [1.54, 1.807) is 5.32 Å². The summed E-state index contributed by atoms with van der Waals surface area (Å²) in [7, 11) is -4.61. The number of nitrogens with one attached hydrogen (secondary N) is 1. The van der Waals surface area contributed by atoms with E-state index in [2.05, 4.69) is 0 Å². The number of amides is 1. The molecule has 0 saturated carbocycles. The van der Waals surface area contributed by atoms with Crippen LogP contribution in [-0.2, 0) is 18.9 Å². The van der Waals surface area contributed by atoms with Gasteiger partial charge < -0.3 is 30.1 Å². The van der Waals surface area contributed by atoms with Crippen molar-refractivity contribution in [1.82, 2.24) is 5.32 Å². The van der Waals surface area contributed by atoms with Crippen molar-refractivity contribution in [2.75, 3.05) is 6.16 Å². The maximum Gasteiger partial charge on any atom is 1.00 e. The predicted molar refractivity (Wildman–Crippen MR) is 46.1 cm³/mol. The molecule has 0 aromatic rings. The van der Waals surface area contributed by atoms with Crippen molar-refractivity contribution in [3.05, 3.63) is 0 Å². The molecule has 0 rings (SSSR count). The minimum atomic E-state index is -4.61. The van der Waals surface area contributed by atoms with Crippen molar-refractivity contribution in [1.29, 1.82) is 0 Å². The van der Waals surface area contributed by atoms with Crippen LogP contribution in [0.4, 0.5) is 0 Å². The summed E-state index contributed by atoms with van der Waals surface area (Å²) in [6.07, 6.45) is -2.19. The molecule has 92 valence electrons. The van der Waals surface area contributed by atoms with E-state index in [1.807, 2.05) is 0 Å². The van der Waals surface area contributed by atoms with Crippen LogP contribution in [0.5, 0.6) is 0 Å². The first-order valence-electron chi connectivity index (χ1n) is 3.88. The second-order valence-electron chi connectivity index (χ2n) is 2.86. The number of carbonyl (C=O) groups is 3. The third-order valence-corrected chi connectivity index (χ3v) is 2.05. The Kier molecular flexibility index (Phi) is 8.68. The first kappa shape index (κ1) is 18.9. The maximum atomic E-state index is 10.9. The van der Waals surface area contributed by atoms with E-state index in [4.69, 9.17) is 14.9 Å². The van der Waals surface area contributed by atoms with Crippen LogP contribution in [0.1, 0.15) is 6.42 Å². The fourth-order valence-electron chi connectivity index (χ4n) is 0.794. The Morgan fingerprint density at radius 3 is 2.06 bits per heavy atom. The van der Waals surface area contributed by atoms with Gasteiger partial charge in [0.05, 0.1) is 0 Å². The van der Waals surface area contributed by atoms with Gasteiger partial charge in [-0.2, -0.15) is 0 Å². The summed E-state index contributed by atoms with van der Waals surface area (Å²) in [4.78, 5) is 48.2. The molecule has 0 aromatic carbocycles. The summed E-state index contributed by atoms with van der Waals surface area (Å²) in [5.74, 6) is -4.59. The van der Waals surface area contributed by atoms with E-state index in [9.17, 15) is 24.1 Å². The second kappa shape index (κ2) is 7.80. The molecule has 1 unspecified atom stereocenters. The molecule has 0 saturated heterocycles. The van der Waals surface area contributed by atoms with Gasteiger partial charge in [0.25, 0.3) is 0 Å². The second-order valence-corrected chi connectivity index (χ2v) is 4.50. The monoisotopic (exact) mass is 277 g/mol. The van der Waals surface area contributed by atoms with Crippen LogP contribution >= 0.6 is 7.60 Å². The summed E-state index contributed by atoms with van der Waals surface area (Å²) < 4.78 is 10.4. The molecule has 11 heteroatoms. The fourth-order valence-corrected chi connectivity index (χ4v) is 1.26. The zero-order chi connectivity index (χ0) is 12.9. The van der Waals surface area contributed by atoms with Crippen LogP contribution in [0.2, 0.25) is 0 Å². The average Bonchev–Trinajstić information content (AvgIpc) is 1.97. The maximum absolute atomic E-state index is 10.9. The van der Waals surface area contributed by atoms with E-state index in [0.717, 1.165) is 0 Å². The van der Waals surface area contributed by atoms with E-state index < -0.39 is 44.1 Å². The molecule has 0 aliphatic carbocycles. The van der Waals surface area contributed by atoms with Crippen LogP contribution in [0, 0.1) is 0 Å². The van der Waals surface area contributed by atoms with E-state index >= 15 is 0 Å². The van der Waals surface area contributed by atoms with E-state index in [0.29, 0.717) is 0 Å². The van der Waals surface area contributed by atoms with Crippen molar-refractivity contribution in [3.63, 3.8) is 0 Å². The van der Waals surface area contributed by atoms with E-state index in [-0.39, 0.29) is 29.6 Å². The van der Waals surface area contributed by atoms with Crippen molar-refractivity contribution >= 4 is 25.4 Å². The molecule has 0 bridgehead atoms. The number of carboxylic acid groups (broad SMARTS) is 2. The number of carbonyl (C=O) groups excluding carboxylic acids is 2. The van der Waals surface area contributed by atoms with E-state index in [1.165, 1.54) is 0 Å². The smallest absolute Gasteiger partial charge is 0.550 e. The summed E-state index contributed by atoms with van der Waals surface area (Å²) in [6.45, 7) is 0. The molecule has 0 aliphatic heterocycles. The topological polar surface area (TPSA) is 164 Å². The van der Waals surface area contributed by atoms with Crippen molar-refractivity contribution in [2.45, 2.75) is 12.5 Å². The fraction of sp³-hybridized carbons (Fsp3) is 0.500. The van der Waals surface area contributed by atoms with Gasteiger partial charge in [0, 0.05) is 12.4 Å². The SMILES string of the molecule is O=C([O-])CC(NC(=O)CP(=O)(O)O)C(=O)O.[Na+]. The Morgan fingerprint density at radius 1 is 1.29 bits per heavy atom. The molecule has 1 atom stereocenters. The molecule has 0 radical (unpaired) electrons. The van der Waals surface area contributed by atoms with Gasteiger partial charge in [-0.3, -0.25) is 9.36 Å². The van der Waals surface area contributed by atoms with Gasteiger partial charge >= 0.3 is 43.1 Å². The molecule has 0 aliphatic rings. The average molecular weight is 277 g/mol. The van der Waals surface area contributed by atoms with Crippen LogP contribution in [0.3, 0.4) is 0 Å². The zero-order valence-corrected chi connectivity index (χ0v) is 11.7. The molecule has 0 fully saturated rings. The molecule has 0 heterocycles. The zero-order valence-electron chi connectivity index (χ0n) is 8.82. The van der Waals surface area contributed by atoms with Crippen LogP contribution in [0.15, 0.2) is 0 Å². The molecule has 4 N–H and O–H groups in total. The van der Waals surface area contributed by atoms with Crippen molar-refractivity contribution in [2.24, 2.45) is 0 Å². The van der Waals surface area contributed by atoms with Gasteiger partial charge in [-0.15, -0.1) is 0 Å². The van der Waals surface area contributed by atoms with Gasteiger partial charge in [-0.25, -0.2) is 4.79 Å². The minimum absolute atomic E-state index is 0. The number of hydrogen-bond acceptors (Lipinski definition) is 5. The Balaban J connectivity index is 0. The molecule has 9 nitrogen and oxygen atoms in total. The molecule has 17 heavy (non-hydrogen) atoms.